The molecule has 2 aromatic heterocycles. The Bertz CT molecular complexity index is 1340. The van der Waals surface area contributed by atoms with E-state index in [4.69, 9.17) is 0 Å². The van der Waals surface area contributed by atoms with Crippen LogP contribution in [0.15, 0.2) is 58.1 Å². The first-order chi connectivity index (χ1) is 13.0. The summed E-state index contributed by atoms with van der Waals surface area (Å²) in [5.74, 6) is 0. The van der Waals surface area contributed by atoms with E-state index in [-0.39, 0.29) is 11.1 Å². The van der Waals surface area contributed by atoms with Gasteiger partial charge in [0, 0.05) is 35.5 Å². The van der Waals surface area contributed by atoms with E-state index < -0.39 is 0 Å². The summed E-state index contributed by atoms with van der Waals surface area (Å²) >= 11 is 0. The fourth-order valence-electron chi connectivity index (χ4n) is 4.41. The minimum absolute atomic E-state index is 0.00529. The normalized spacial score (nSPS) is 13.4. The van der Waals surface area contributed by atoms with Crippen LogP contribution in [-0.4, -0.2) is 9.13 Å². The summed E-state index contributed by atoms with van der Waals surface area (Å²) in [6.07, 6.45) is 0.763. The highest BCUT2D eigenvalue weighted by Crippen LogP contribution is 2.29. The van der Waals surface area contributed by atoms with Crippen molar-refractivity contribution < 1.29 is 0 Å². The van der Waals surface area contributed by atoms with Gasteiger partial charge in [0.25, 0.3) is 11.1 Å². The maximum atomic E-state index is 13.4. The van der Waals surface area contributed by atoms with Gasteiger partial charge in [-0.25, -0.2) is 0 Å². The van der Waals surface area contributed by atoms with Crippen LogP contribution in [0, 0.1) is 13.8 Å². The molecule has 0 atom stereocenters. The highest BCUT2D eigenvalue weighted by molar-refractivity contribution is 6.04. The zero-order valence-corrected chi connectivity index (χ0v) is 15.5. The molecule has 5 rings (SSSR count). The fraction of sp³-hybridized carbons (Fsp3) is 0.217. The molecule has 0 saturated carbocycles. The van der Waals surface area contributed by atoms with E-state index in [0.717, 1.165) is 50.5 Å². The number of hydrogen-bond donors (Lipinski definition) is 0. The lowest BCUT2D eigenvalue weighted by Crippen LogP contribution is -2.22. The summed E-state index contributed by atoms with van der Waals surface area (Å²) in [5, 5.41) is 1.99. The van der Waals surface area contributed by atoms with Crippen LogP contribution in [0.4, 0.5) is 0 Å². The van der Waals surface area contributed by atoms with Crippen LogP contribution >= 0.6 is 0 Å². The smallest absolute Gasteiger partial charge is 0.258 e. The minimum Gasteiger partial charge on any atom is -0.306 e. The van der Waals surface area contributed by atoms with Crippen LogP contribution in [0.1, 0.15) is 17.5 Å². The molecule has 0 saturated heterocycles. The second-order valence-corrected chi connectivity index (χ2v) is 7.51. The molecule has 4 aromatic rings. The number of aryl methyl sites for hydroxylation is 4. The highest BCUT2D eigenvalue weighted by Gasteiger charge is 2.18. The summed E-state index contributed by atoms with van der Waals surface area (Å²) in [6.45, 7) is 5.36. The molecule has 3 heterocycles. The van der Waals surface area contributed by atoms with Crippen LogP contribution in [0.5, 0.6) is 0 Å². The van der Waals surface area contributed by atoms with Gasteiger partial charge in [0.15, 0.2) is 0 Å². The molecule has 4 heteroatoms. The third-order valence-electron chi connectivity index (χ3n) is 5.50. The molecule has 0 amide bonds. The maximum Gasteiger partial charge on any atom is 0.258 e. The summed E-state index contributed by atoms with van der Waals surface area (Å²) in [5.41, 5.74) is 5.74. The summed E-state index contributed by atoms with van der Waals surface area (Å²) < 4.78 is 3.69. The Kier molecular flexibility index (Phi) is 3.38. The number of rotatable bonds is 1. The predicted octanol–water partition coefficient (Wildman–Crippen LogP) is 4.00. The average Bonchev–Trinajstić information content (AvgIpc) is 2.84. The van der Waals surface area contributed by atoms with Crippen molar-refractivity contribution in [3.8, 4) is 11.1 Å². The van der Waals surface area contributed by atoms with E-state index in [0.29, 0.717) is 13.1 Å². The van der Waals surface area contributed by atoms with Crippen molar-refractivity contribution in [2.24, 2.45) is 0 Å². The van der Waals surface area contributed by atoms with Gasteiger partial charge >= 0.3 is 0 Å². The van der Waals surface area contributed by atoms with Gasteiger partial charge in [-0.3, -0.25) is 9.59 Å². The fourth-order valence-corrected chi connectivity index (χ4v) is 4.41. The third-order valence-corrected chi connectivity index (χ3v) is 5.50. The Morgan fingerprint density at radius 2 is 1.37 bits per heavy atom. The molecule has 27 heavy (non-hydrogen) atoms. The largest absolute Gasteiger partial charge is 0.306 e. The van der Waals surface area contributed by atoms with Crippen molar-refractivity contribution in [2.75, 3.05) is 0 Å². The first-order valence-corrected chi connectivity index (χ1v) is 9.32. The molecular formula is C23H20N2O2. The summed E-state index contributed by atoms with van der Waals surface area (Å²) in [4.78, 5) is 25.8. The lowest BCUT2D eigenvalue weighted by molar-refractivity contribution is 0.580. The molecule has 0 spiro atoms. The first-order valence-electron chi connectivity index (χ1n) is 9.32. The van der Waals surface area contributed by atoms with Crippen LogP contribution in [0.3, 0.4) is 0 Å². The Labute approximate surface area is 156 Å². The molecule has 0 bridgehead atoms. The standard InChI is InChI=1S/C23H20N2O2/c1-14-10-15(2)12-18(11-14)19-13-17-5-4-16-6-7-20(26)24-8-3-9-25(23(19)27)22(17)21(16)24/h4-7,10-13H,3,8-9H2,1-2H3. The van der Waals surface area contributed by atoms with Gasteiger partial charge in [-0.1, -0.05) is 41.5 Å². The van der Waals surface area contributed by atoms with E-state index in [1.165, 1.54) is 0 Å². The van der Waals surface area contributed by atoms with Gasteiger partial charge in [-0.15, -0.1) is 0 Å². The predicted molar refractivity (Wildman–Crippen MR) is 110 cm³/mol. The monoisotopic (exact) mass is 356 g/mol. The van der Waals surface area contributed by atoms with Gasteiger partial charge in [-0.05, 0) is 38.0 Å². The average molecular weight is 356 g/mol. The Morgan fingerprint density at radius 1 is 0.741 bits per heavy atom. The van der Waals surface area contributed by atoms with E-state index in [2.05, 4.69) is 38.1 Å². The Morgan fingerprint density at radius 3 is 2.15 bits per heavy atom. The first kappa shape index (κ1) is 16.1. The molecule has 1 aliphatic rings. The Hall–Kier alpha value is -3.14. The molecule has 2 aromatic carbocycles. The second kappa shape index (κ2) is 5.68. The Balaban J connectivity index is 1.95. The zero-order valence-electron chi connectivity index (χ0n) is 15.5. The molecule has 0 radical (unpaired) electrons. The third kappa shape index (κ3) is 2.36. The van der Waals surface area contributed by atoms with Crippen LogP contribution in [-0.2, 0) is 13.1 Å². The number of aromatic nitrogens is 2. The number of nitrogens with zero attached hydrogens (tertiary/aromatic N) is 2. The van der Waals surface area contributed by atoms with Gasteiger partial charge in [0.2, 0.25) is 0 Å². The van der Waals surface area contributed by atoms with E-state index >= 15 is 0 Å². The van der Waals surface area contributed by atoms with Gasteiger partial charge in [0.05, 0.1) is 11.0 Å². The van der Waals surface area contributed by atoms with Crippen molar-refractivity contribution in [2.45, 2.75) is 33.4 Å². The maximum absolute atomic E-state index is 13.4. The lowest BCUT2D eigenvalue weighted by atomic mass is 9.99. The molecule has 0 aliphatic carbocycles. The molecular weight excluding hydrogens is 336 g/mol. The van der Waals surface area contributed by atoms with Gasteiger partial charge < -0.3 is 9.13 Å². The highest BCUT2D eigenvalue weighted by atomic mass is 16.1. The molecule has 0 fully saturated rings. The van der Waals surface area contributed by atoms with E-state index in [1.54, 1.807) is 6.07 Å². The number of hydrogen-bond acceptors (Lipinski definition) is 2. The summed E-state index contributed by atoms with van der Waals surface area (Å²) in [7, 11) is 0. The zero-order chi connectivity index (χ0) is 18.7. The molecule has 1 aliphatic heterocycles. The molecule has 134 valence electrons. The van der Waals surface area contributed by atoms with Crippen molar-refractivity contribution in [3.05, 3.63) is 80.4 Å². The van der Waals surface area contributed by atoms with Crippen LogP contribution in [0.2, 0.25) is 0 Å². The van der Waals surface area contributed by atoms with Crippen molar-refractivity contribution in [3.63, 3.8) is 0 Å². The van der Waals surface area contributed by atoms with Crippen LogP contribution < -0.4 is 11.1 Å². The van der Waals surface area contributed by atoms with E-state index in [1.807, 2.05) is 27.3 Å². The SMILES string of the molecule is Cc1cc(C)cc(-c2cc3ccc4ccc(=O)n5c4c3n(c2=O)CCC5)c1. The van der Waals surface area contributed by atoms with Crippen molar-refractivity contribution in [1.29, 1.82) is 0 Å². The lowest BCUT2D eigenvalue weighted by Gasteiger charge is -2.14. The number of benzene rings is 2. The quantitative estimate of drug-likeness (QED) is 0.484. The van der Waals surface area contributed by atoms with Crippen molar-refractivity contribution in [1.82, 2.24) is 9.13 Å². The molecule has 0 N–H and O–H groups in total. The van der Waals surface area contributed by atoms with Gasteiger partial charge in [0.1, 0.15) is 0 Å². The number of pyridine rings is 2. The van der Waals surface area contributed by atoms with Crippen molar-refractivity contribution >= 4 is 21.8 Å². The molecule has 0 unspecified atom stereocenters. The topological polar surface area (TPSA) is 44.0 Å². The second-order valence-electron chi connectivity index (χ2n) is 7.51. The van der Waals surface area contributed by atoms with E-state index in [9.17, 15) is 9.59 Å². The van der Waals surface area contributed by atoms with Crippen LogP contribution in [0.25, 0.3) is 32.9 Å². The molecule has 4 nitrogen and oxygen atoms in total. The minimum atomic E-state index is -0.00529. The van der Waals surface area contributed by atoms with Gasteiger partial charge in [-0.2, -0.15) is 0 Å². The summed E-state index contributed by atoms with van der Waals surface area (Å²) in [6, 6.07) is 15.8.